The molecule has 0 aliphatic carbocycles. The maximum Gasteiger partial charge on any atom is 0.407 e. The van der Waals surface area contributed by atoms with Gasteiger partial charge < -0.3 is 10.1 Å². The van der Waals surface area contributed by atoms with Gasteiger partial charge in [-0.1, -0.05) is 24.3 Å². The highest BCUT2D eigenvalue weighted by atomic mass is 32.1. The number of alkyl carbamates (subject to hydrolysis) is 1. The van der Waals surface area contributed by atoms with Crippen molar-refractivity contribution in [2.75, 3.05) is 6.54 Å². The van der Waals surface area contributed by atoms with Gasteiger partial charge in [0.05, 0.1) is 0 Å². The average molecular weight is 317 g/mol. The molecule has 3 nitrogen and oxygen atoms in total. The number of nitrogens with one attached hydrogen (secondary N) is 1. The number of hydrogen-bond acceptors (Lipinski definition) is 3. The van der Waals surface area contributed by atoms with E-state index in [1.807, 2.05) is 20.8 Å². The van der Waals surface area contributed by atoms with E-state index in [4.69, 9.17) is 4.74 Å². The van der Waals surface area contributed by atoms with Crippen LogP contribution in [0.5, 0.6) is 0 Å². The zero-order chi connectivity index (χ0) is 16.0. The lowest BCUT2D eigenvalue weighted by Gasteiger charge is -2.19. The van der Waals surface area contributed by atoms with E-state index in [1.165, 1.54) is 16.7 Å². The summed E-state index contributed by atoms with van der Waals surface area (Å²) in [5.74, 6) is 0. The van der Waals surface area contributed by atoms with Crippen LogP contribution in [0.25, 0.3) is 11.1 Å². The summed E-state index contributed by atoms with van der Waals surface area (Å²) in [6.07, 6.45) is 1.47. The van der Waals surface area contributed by atoms with Crippen molar-refractivity contribution in [3.8, 4) is 11.1 Å². The molecule has 4 heteroatoms. The van der Waals surface area contributed by atoms with Gasteiger partial charge in [-0.3, -0.25) is 0 Å². The fourth-order valence-electron chi connectivity index (χ4n) is 2.22. The van der Waals surface area contributed by atoms with Gasteiger partial charge in [0.15, 0.2) is 0 Å². The van der Waals surface area contributed by atoms with Gasteiger partial charge in [0.2, 0.25) is 0 Å². The molecule has 0 aliphatic heterocycles. The second-order valence-corrected chi connectivity index (χ2v) is 6.98. The number of carbonyl (C=O) groups excluding carboxylic acids is 1. The molecular formula is C18H23NO2S. The van der Waals surface area contributed by atoms with Crippen molar-refractivity contribution in [1.29, 1.82) is 0 Å². The summed E-state index contributed by atoms with van der Waals surface area (Å²) in [4.78, 5) is 11.6. The maximum absolute atomic E-state index is 11.6. The number of ether oxygens (including phenoxy) is 1. The van der Waals surface area contributed by atoms with E-state index in [9.17, 15) is 4.79 Å². The van der Waals surface area contributed by atoms with E-state index in [2.05, 4.69) is 46.4 Å². The van der Waals surface area contributed by atoms with Gasteiger partial charge in [-0.2, -0.15) is 11.3 Å². The molecule has 0 spiro atoms. The number of benzene rings is 1. The second kappa shape index (κ2) is 7.45. The monoisotopic (exact) mass is 317 g/mol. The van der Waals surface area contributed by atoms with Gasteiger partial charge >= 0.3 is 6.09 Å². The molecule has 0 saturated heterocycles. The molecule has 0 atom stereocenters. The Labute approximate surface area is 136 Å². The molecule has 2 aromatic rings. The quantitative estimate of drug-likeness (QED) is 0.799. The molecule has 118 valence electrons. The maximum atomic E-state index is 11.6. The van der Waals surface area contributed by atoms with Gasteiger partial charge in [-0.15, -0.1) is 0 Å². The summed E-state index contributed by atoms with van der Waals surface area (Å²) in [7, 11) is 0. The highest BCUT2D eigenvalue weighted by Crippen LogP contribution is 2.26. The number of carbonyl (C=O) groups is 1. The normalized spacial score (nSPS) is 11.2. The number of amides is 1. The summed E-state index contributed by atoms with van der Waals surface area (Å²) in [6.45, 7) is 6.21. The van der Waals surface area contributed by atoms with Crippen LogP contribution in [-0.2, 0) is 11.2 Å². The van der Waals surface area contributed by atoms with Crippen molar-refractivity contribution < 1.29 is 9.53 Å². The van der Waals surface area contributed by atoms with Crippen molar-refractivity contribution in [2.24, 2.45) is 0 Å². The van der Waals surface area contributed by atoms with Crippen LogP contribution in [0.1, 0.15) is 32.8 Å². The molecule has 0 radical (unpaired) electrons. The lowest BCUT2D eigenvalue weighted by atomic mass is 9.99. The van der Waals surface area contributed by atoms with E-state index in [1.54, 1.807) is 11.3 Å². The Bertz CT molecular complexity index is 600. The number of rotatable bonds is 5. The van der Waals surface area contributed by atoms with Crippen molar-refractivity contribution in [1.82, 2.24) is 5.32 Å². The van der Waals surface area contributed by atoms with Crippen LogP contribution in [-0.4, -0.2) is 18.2 Å². The lowest BCUT2D eigenvalue weighted by molar-refractivity contribution is 0.0527. The molecule has 0 aliphatic rings. The van der Waals surface area contributed by atoms with Crippen LogP contribution >= 0.6 is 11.3 Å². The Hall–Kier alpha value is -1.81. The lowest BCUT2D eigenvalue weighted by Crippen LogP contribution is -2.33. The molecule has 0 saturated carbocycles. The van der Waals surface area contributed by atoms with Crippen LogP contribution in [0.15, 0.2) is 41.1 Å². The number of aryl methyl sites for hydroxylation is 1. The number of thiophene rings is 1. The molecule has 1 heterocycles. The SMILES string of the molecule is CC(C)(C)OC(=O)NCCCc1ccccc1-c1ccsc1. The molecule has 1 aromatic heterocycles. The molecule has 1 amide bonds. The van der Waals surface area contributed by atoms with E-state index in [0.29, 0.717) is 6.54 Å². The van der Waals surface area contributed by atoms with Crippen LogP contribution in [0.4, 0.5) is 4.79 Å². The summed E-state index contributed by atoms with van der Waals surface area (Å²) >= 11 is 1.71. The van der Waals surface area contributed by atoms with Gasteiger partial charge in [-0.05, 0) is 67.1 Å². The standard InChI is InChI=1S/C18H23NO2S/c1-18(2,3)21-17(20)19-11-6-8-14-7-4-5-9-16(14)15-10-12-22-13-15/h4-5,7,9-10,12-13H,6,8,11H2,1-3H3,(H,19,20). The smallest absolute Gasteiger partial charge is 0.407 e. The highest BCUT2D eigenvalue weighted by Gasteiger charge is 2.15. The first-order chi connectivity index (χ1) is 10.5. The Morgan fingerprint density at radius 1 is 1.23 bits per heavy atom. The first-order valence-electron chi connectivity index (χ1n) is 7.53. The van der Waals surface area contributed by atoms with Crippen molar-refractivity contribution >= 4 is 17.4 Å². The first kappa shape index (κ1) is 16.6. The topological polar surface area (TPSA) is 38.3 Å². The molecule has 0 bridgehead atoms. The average Bonchev–Trinajstić information content (AvgIpc) is 2.96. The number of hydrogen-bond donors (Lipinski definition) is 1. The summed E-state index contributed by atoms with van der Waals surface area (Å²) in [6, 6.07) is 10.6. The molecule has 0 unspecified atom stereocenters. The molecule has 1 aromatic carbocycles. The Morgan fingerprint density at radius 2 is 2.00 bits per heavy atom. The predicted molar refractivity (Wildman–Crippen MR) is 92.3 cm³/mol. The fourth-order valence-corrected chi connectivity index (χ4v) is 2.88. The van der Waals surface area contributed by atoms with Gasteiger partial charge in [0, 0.05) is 6.54 Å². The van der Waals surface area contributed by atoms with E-state index in [-0.39, 0.29) is 6.09 Å². The zero-order valence-corrected chi connectivity index (χ0v) is 14.2. The molecule has 2 rings (SSSR count). The first-order valence-corrected chi connectivity index (χ1v) is 8.47. The van der Waals surface area contributed by atoms with Crippen LogP contribution in [0.2, 0.25) is 0 Å². The van der Waals surface area contributed by atoms with Gasteiger partial charge in [0.25, 0.3) is 0 Å². The minimum Gasteiger partial charge on any atom is -0.444 e. The zero-order valence-electron chi connectivity index (χ0n) is 13.4. The second-order valence-electron chi connectivity index (χ2n) is 6.20. The predicted octanol–water partition coefficient (Wildman–Crippen LogP) is 4.87. The molecule has 22 heavy (non-hydrogen) atoms. The highest BCUT2D eigenvalue weighted by molar-refractivity contribution is 7.08. The molecular weight excluding hydrogens is 294 g/mol. The Balaban J connectivity index is 1.84. The van der Waals surface area contributed by atoms with Crippen molar-refractivity contribution in [3.63, 3.8) is 0 Å². The minimum atomic E-state index is -0.449. The van der Waals surface area contributed by atoms with Gasteiger partial charge in [-0.25, -0.2) is 4.79 Å². The third kappa shape index (κ3) is 5.19. The van der Waals surface area contributed by atoms with Crippen LogP contribution in [0, 0.1) is 0 Å². The largest absolute Gasteiger partial charge is 0.444 e. The van der Waals surface area contributed by atoms with E-state index < -0.39 is 5.60 Å². The summed E-state index contributed by atoms with van der Waals surface area (Å²) in [5.41, 5.74) is 3.41. The van der Waals surface area contributed by atoms with Gasteiger partial charge in [0.1, 0.15) is 5.60 Å². The van der Waals surface area contributed by atoms with Crippen LogP contribution in [0.3, 0.4) is 0 Å². The Morgan fingerprint density at radius 3 is 2.68 bits per heavy atom. The Kier molecular flexibility index (Phi) is 5.61. The van der Waals surface area contributed by atoms with Crippen LogP contribution < -0.4 is 5.32 Å². The molecule has 0 fully saturated rings. The third-order valence-corrected chi connectivity index (χ3v) is 3.82. The summed E-state index contributed by atoms with van der Waals surface area (Å²) < 4.78 is 5.22. The minimum absolute atomic E-state index is 0.349. The summed E-state index contributed by atoms with van der Waals surface area (Å²) in [5, 5.41) is 7.06. The van der Waals surface area contributed by atoms with Crippen molar-refractivity contribution in [3.05, 3.63) is 46.7 Å². The van der Waals surface area contributed by atoms with E-state index >= 15 is 0 Å². The molecule has 1 N–H and O–H groups in total. The third-order valence-electron chi connectivity index (χ3n) is 3.14. The van der Waals surface area contributed by atoms with E-state index in [0.717, 1.165) is 12.8 Å². The van der Waals surface area contributed by atoms with Crippen molar-refractivity contribution in [2.45, 2.75) is 39.2 Å². The fraction of sp³-hybridized carbons (Fsp3) is 0.389.